The lowest BCUT2D eigenvalue weighted by molar-refractivity contribution is 0.415. The van der Waals surface area contributed by atoms with Crippen LogP contribution in [0.25, 0.3) is 0 Å². The predicted molar refractivity (Wildman–Crippen MR) is 79.1 cm³/mol. The van der Waals surface area contributed by atoms with Gasteiger partial charge in [-0.3, -0.25) is 0 Å². The summed E-state index contributed by atoms with van der Waals surface area (Å²) >= 11 is 3.38. The molecule has 3 nitrogen and oxygen atoms in total. The van der Waals surface area contributed by atoms with Gasteiger partial charge in [0.05, 0.1) is 13.2 Å². The minimum Gasteiger partial charge on any atom is -0.497 e. The summed E-state index contributed by atoms with van der Waals surface area (Å²) in [7, 11) is 1.62. The highest BCUT2D eigenvalue weighted by Crippen LogP contribution is 2.23. The normalized spacial score (nSPS) is 11.4. The number of nitrogens with one attached hydrogen (secondary N) is 1. The van der Waals surface area contributed by atoms with Crippen molar-refractivity contribution < 1.29 is 4.74 Å². The molecule has 0 saturated heterocycles. The zero-order valence-electron chi connectivity index (χ0n) is 10.4. The molecule has 0 heterocycles. The van der Waals surface area contributed by atoms with Crippen molar-refractivity contribution in [2.45, 2.75) is 6.04 Å². The second-order valence-electron chi connectivity index (χ2n) is 3.99. The molecule has 0 aliphatic carbocycles. The zero-order valence-corrected chi connectivity index (χ0v) is 12.0. The van der Waals surface area contributed by atoms with Crippen LogP contribution in [0, 0.1) is 11.3 Å². The fraction of sp³-hybridized carbons (Fsp3) is 0.133. The Bertz CT molecular complexity index is 590. The SMILES string of the molecule is COc1cccc(NC(C#N)c2ccc(Br)cc2)c1. The molecule has 2 rings (SSSR count). The molecule has 0 amide bonds. The standard InChI is InChI=1S/C15H13BrN2O/c1-19-14-4-2-3-13(9-14)18-15(10-17)11-5-7-12(16)8-6-11/h2-9,15,18H,1H3. The summed E-state index contributed by atoms with van der Waals surface area (Å²) in [4.78, 5) is 0. The number of methoxy groups -OCH3 is 1. The Balaban J connectivity index is 2.19. The fourth-order valence-corrected chi connectivity index (χ4v) is 1.99. The highest BCUT2D eigenvalue weighted by Gasteiger charge is 2.10. The second kappa shape index (κ2) is 6.26. The van der Waals surface area contributed by atoms with Crippen molar-refractivity contribution in [2.24, 2.45) is 0 Å². The molecule has 2 aromatic carbocycles. The summed E-state index contributed by atoms with van der Waals surface area (Å²) in [5, 5.41) is 12.5. The molecular weight excluding hydrogens is 304 g/mol. The van der Waals surface area contributed by atoms with Crippen LogP contribution in [-0.4, -0.2) is 7.11 Å². The largest absolute Gasteiger partial charge is 0.497 e. The molecule has 0 aliphatic rings. The van der Waals surface area contributed by atoms with Gasteiger partial charge in [-0.1, -0.05) is 34.1 Å². The summed E-state index contributed by atoms with van der Waals surface area (Å²) in [6.45, 7) is 0. The number of nitrogens with zero attached hydrogens (tertiary/aromatic N) is 1. The van der Waals surface area contributed by atoms with Crippen molar-refractivity contribution in [1.29, 1.82) is 5.26 Å². The number of benzene rings is 2. The van der Waals surface area contributed by atoms with Gasteiger partial charge < -0.3 is 10.1 Å². The maximum atomic E-state index is 9.28. The predicted octanol–water partition coefficient (Wildman–Crippen LogP) is 4.13. The van der Waals surface area contributed by atoms with Gasteiger partial charge in [0.25, 0.3) is 0 Å². The van der Waals surface area contributed by atoms with E-state index < -0.39 is 0 Å². The molecule has 0 fully saturated rings. The second-order valence-corrected chi connectivity index (χ2v) is 4.91. The molecule has 0 bridgehead atoms. The number of halogens is 1. The van der Waals surface area contributed by atoms with Gasteiger partial charge in [-0.05, 0) is 29.8 Å². The average molecular weight is 317 g/mol. The first-order valence-electron chi connectivity index (χ1n) is 5.78. The molecule has 2 aromatic rings. The molecule has 19 heavy (non-hydrogen) atoms. The lowest BCUT2D eigenvalue weighted by Crippen LogP contribution is -2.08. The summed E-state index contributed by atoms with van der Waals surface area (Å²) in [6.07, 6.45) is 0. The summed E-state index contributed by atoms with van der Waals surface area (Å²) in [6, 6.07) is 17.1. The third-order valence-corrected chi connectivity index (χ3v) is 3.24. The molecule has 0 aromatic heterocycles. The van der Waals surface area contributed by atoms with E-state index in [0.717, 1.165) is 21.5 Å². The van der Waals surface area contributed by atoms with Gasteiger partial charge in [0.2, 0.25) is 0 Å². The van der Waals surface area contributed by atoms with Gasteiger partial charge in [-0.25, -0.2) is 0 Å². The minimum absolute atomic E-state index is 0.389. The number of anilines is 1. The van der Waals surface area contributed by atoms with Crippen molar-refractivity contribution in [2.75, 3.05) is 12.4 Å². The Morgan fingerprint density at radius 3 is 2.58 bits per heavy atom. The Hall–Kier alpha value is -1.99. The van der Waals surface area contributed by atoms with Crippen LogP contribution < -0.4 is 10.1 Å². The molecule has 0 spiro atoms. The van der Waals surface area contributed by atoms with Crippen molar-refractivity contribution in [3.63, 3.8) is 0 Å². The molecule has 0 radical (unpaired) electrons. The lowest BCUT2D eigenvalue weighted by Gasteiger charge is -2.14. The van der Waals surface area contributed by atoms with Gasteiger partial charge in [0.1, 0.15) is 11.8 Å². The highest BCUT2D eigenvalue weighted by atomic mass is 79.9. The van der Waals surface area contributed by atoms with E-state index in [4.69, 9.17) is 4.74 Å². The van der Waals surface area contributed by atoms with E-state index in [9.17, 15) is 5.26 Å². The molecule has 1 N–H and O–H groups in total. The first kappa shape index (κ1) is 13.4. The summed E-state index contributed by atoms with van der Waals surface area (Å²) in [5.74, 6) is 0.762. The van der Waals surface area contributed by atoms with Crippen molar-refractivity contribution in [3.8, 4) is 11.8 Å². The topological polar surface area (TPSA) is 45.0 Å². The number of ether oxygens (including phenoxy) is 1. The monoisotopic (exact) mass is 316 g/mol. The Morgan fingerprint density at radius 2 is 1.95 bits per heavy atom. The third-order valence-electron chi connectivity index (χ3n) is 2.71. The first-order valence-corrected chi connectivity index (χ1v) is 6.58. The lowest BCUT2D eigenvalue weighted by atomic mass is 10.1. The van der Waals surface area contributed by atoms with Crippen LogP contribution in [0.4, 0.5) is 5.69 Å². The molecule has 1 atom stereocenters. The maximum Gasteiger partial charge on any atom is 0.140 e. The van der Waals surface area contributed by atoms with Crippen LogP contribution in [0.2, 0.25) is 0 Å². The Morgan fingerprint density at radius 1 is 1.21 bits per heavy atom. The first-order chi connectivity index (χ1) is 9.22. The van der Waals surface area contributed by atoms with Gasteiger partial charge in [-0.2, -0.15) is 5.26 Å². The van der Waals surface area contributed by atoms with E-state index >= 15 is 0 Å². The fourth-order valence-electron chi connectivity index (χ4n) is 1.72. The quantitative estimate of drug-likeness (QED) is 0.922. The molecule has 0 saturated carbocycles. The number of rotatable bonds is 4. The summed E-state index contributed by atoms with van der Waals surface area (Å²) in [5.41, 5.74) is 1.78. The Labute approximate surface area is 121 Å². The number of nitriles is 1. The van der Waals surface area contributed by atoms with Gasteiger partial charge >= 0.3 is 0 Å². The number of hydrogen-bond donors (Lipinski definition) is 1. The summed E-state index contributed by atoms with van der Waals surface area (Å²) < 4.78 is 6.16. The van der Waals surface area contributed by atoms with Crippen molar-refractivity contribution in [1.82, 2.24) is 0 Å². The average Bonchev–Trinajstić information content (AvgIpc) is 2.46. The molecule has 0 aliphatic heterocycles. The van der Waals surface area contributed by atoms with Crippen molar-refractivity contribution >= 4 is 21.6 Å². The van der Waals surface area contributed by atoms with Gasteiger partial charge in [-0.15, -0.1) is 0 Å². The van der Waals surface area contributed by atoms with Crippen LogP contribution in [0.3, 0.4) is 0 Å². The van der Waals surface area contributed by atoms with Crippen molar-refractivity contribution in [3.05, 3.63) is 58.6 Å². The highest BCUT2D eigenvalue weighted by molar-refractivity contribution is 9.10. The molecule has 1 unspecified atom stereocenters. The Kier molecular flexibility index (Phi) is 4.43. The van der Waals surface area contributed by atoms with Crippen LogP contribution in [-0.2, 0) is 0 Å². The molecule has 4 heteroatoms. The number of hydrogen-bond acceptors (Lipinski definition) is 3. The van der Waals surface area contributed by atoms with E-state index in [-0.39, 0.29) is 6.04 Å². The van der Waals surface area contributed by atoms with E-state index in [2.05, 4.69) is 27.3 Å². The zero-order chi connectivity index (χ0) is 13.7. The molecular formula is C15H13BrN2O. The van der Waals surface area contributed by atoms with Crippen LogP contribution in [0.1, 0.15) is 11.6 Å². The van der Waals surface area contributed by atoms with E-state index in [1.165, 1.54) is 0 Å². The van der Waals surface area contributed by atoms with Crippen LogP contribution >= 0.6 is 15.9 Å². The van der Waals surface area contributed by atoms with Gasteiger partial charge in [0.15, 0.2) is 0 Å². The van der Waals surface area contributed by atoms with Crippen LogP contribution in [0.5, 0.6) is 5.75 Å². The van der Waals surface area contributed by atoms with E-state index in [1.807, 2.05) is 48.5 Å². The van der Waals surface area contributed by atoms with E-state index in [0.29, 0.717) is 0 Å². The smallest absolute Gasteiger partial charge is 0.140 e. The van der Waals surface area contributed by atoms with Crippen LogP contribution in [0.15, 0.2) is 53.0 Å². The molecule has 96 valence electrons. The third kappa shape index (κ3) is 3.49. The minimum atomic E-state index is -0.389. The van der Waals surface area contributed by atoms with Gasteiger partial charge in [0, 0.05) is 16.2 Å². The van der Waals surface area contributed by atoms with E-state index in [1.54, 1.807) is 7.11 Å². The maximum absolute atomic E-state index is 9.28.